The summed E-state index contributed by atoms with van der Waals surface area (Å²) in [6, 6.07) is 4.30. The molecule has 2 rings (SSSR count). The number of hydrogen-bond donors (Lipinski definition) is 1. The summed E-state index contributed by atoms with van der Waals surface area (Å²) >= 11 is 0. The van der Waals surface area contributed by atoms with Crippen molar-refractivity contribution in [2.24, 2.45) is 5.92 Å². The van der Waals surface area contributed by atoms with E-state index < -0.39 is 29.5 Å². The quantitative estimate of drug-likeness (QED) is 0.898. The van der Waals surface area contributed by atoms with Crippen molar-refractivity contribution in [2.45, 2.75) is 12.6 Å². The molecule has 0 saturated carbocycles. The molecule has 0 aromatic heterocycles. The van der Waals surface area contributed by atoms with E-state index >= 15 is 0 Å². The predicted molar refractivity (Wildman–Crippen MR) is 59.5 cm³/mol. The molecule has 1 aliphatic rings. The van der Waals surface area contributed by atoms with E-state index in [0.717, 1.165) is 17.0 Å². The van der Waals surface area contributed by atoms with Crippen LogP contribution in [0.15, 0.2) is 24.3 Å². The van der Waals surface area contributed by atoms with Crippen LogP contribution in [-0.2, 0) is 15.8 Å². The summed E-state index contributed by atoms with van der Waals surface area (Å²) in [6.45, 7) is -0.102. The first kappa shape index (κ1) is 13.4. The number of hydrogen-bond acceptors (Lipinski definition) is 2. The summed E-state index contributed by atoms with van der Waals surface area (Å²) in [5.41, 5.74) is -0.792. The van der Waals surface area contributed by atoms with Gasteiger partial charge in [-0.25, -0.2) is 0 Å². The number of carboxylic acid groups (broad SMARTS) is 1. The van der Waals surface area contributed by atoms with Crippen LogP contribution in [0.3, 0.4) is 0 Å². The maximum atomic E-state index is 12.6. The van der Waals surface area contributed by atoms with Gasteiger partial charge in [-0.05, 0) is 18.2 Å². The SMILES string of the molecule is O=C(O)C1CC(=O)N(c2cccc(C(F)(F)F)c2)C1. The predicted octanol–water partition coefficient (Wildman–Crippen LogP) is 2.14. The molecule has 1 aliphatic heterocycles. The topological polar surface area (TPSA) is 57.6 Å². The van der Waals surface area contributed by atoms with Crippen molar-refractivity contribution >= 4 is 17.6 Å². The van der Waals surface area contributed by atoms with E-state index in [-0.39, 0.29) is 18.7 Å². The van der Waals surface area contributed by atoms with Gasteiger partial charge in [0.1, 0.15) is 0 Å². The lowest BCUT2D eigenvalue weighted by Gasteiger charge is -2.17. The van der Waals surface area contributed by atoms with Crippen LogP contribution in [0, 0.1) is 5.92 Å². The van der Waals surface area contributed by atoms with Gasteiger partial charge in [-0.15, -0.1) is 0 Å². The van der Waals surface area contributed by atoms with Gasteiger partial charge < -0.3 is 10.0 Å². The highest BCUT2D eigenvalue weighted by atomic mass is 19.4. The van der Waals surface area contributed by atoms with E-state index in [9.17, 15) is 22.8 Å². The molecule has 0 radical (unpaired) electrons. The molecule has 19 heavy (non-hydrogen) atoms. The van der Waals surface area contributed by atoms with Crippen LogP contribution in [0.25, 0.3) is 0 Å². The Hall–Kier alpha value is -2.05. The summed E-state index contributed by atoms with van der Waals surface area (Å²) in [5, 5.41) is 8.82. The zero-order valence-corrected chi connectivity index (χ0v) is 9.65. The molecule has 0 aliphatic carbocycles. The number of nitrogens with zero attached hydrogens (tertiary/aromatic N) is 1. The third-order valence-electron chi connectivity index (χ3n) is 2.96. The highest BCUT2D eigenvalue weighted by Crippen LogP contribution is 2.33. The summed E-state index contributed by atoms with van der Waals surface area (Å²) in [5.74, 6) is -2.48. The number of amides is 1. The van der Waals surface area contributed by atoms with Crippen LogP contribution in [0.5, 0.6) is 0 Å². The third kappa shape index (κ3) is 2.69. The average Bonchev–Trinajstić information content (AvgIpc) is 2.71. The van der Waals surface area contributed by atoms with Gasteiger partial charge in [0.05, 0.1) is 11.5 Å². The van der Waals surface area contributed by atoms with Gasteiger partial charge in [0.2, 0.25) is 5.91 Å². The lowest BCUT2D eigenvalue weighted by atomic mass is 10.1. The fourth-order valence-electron chi connectivity index (χ4n) is 1.97. The molecule has 1 aromatic rings. The number of carbonyl (C=O) groups is 2. The van der Waals surface area contributed by atoms with Gasteiger partial charge in [-0.3, -0.25) is 9.59 Å². The first-order chi connectivity index (χ1) is 8.79. The Morgan fingerprint density at radius 2 is 2.05 bits per heavy atom. The zero-order chi connectivity index (χ0) is 14.2. The minimum Gasteiger partial charge on any atom is -0.481 e. The van der Waals surface area contributed by atoms with Crippen LogP contribution >= 0.6 is 0 Å². The summed E-state index contributed by atoms with van der Waals surface area (Å²) < 4.78 is 37.7. The molecule has 1 saturated heterocycles. The van der Waals surface area contributed by atoms with Gasteiger partial charge in [-0.1, -0.05) is 6.07 Å². The van der Waals surface area contributed by atoms with Crippen LogP contribution in [-0.4, -0.2) is 23.5 Å². The van der Waals surface area contributed by atoms with Crippen LogP contribution in [0.4, 0.5) is 18.9 Å². The molecule has 1 aromatic carbocycles. The normalized spacial score (nSPS) is 19.8. The Balaban J connectivity index is 2.28. The first-order valence-electron chi connectivity index (χ1n) is 5.49. The number of rotatable bonds is 2. The van der Waals surface area contributed by atoms with E-state index in [1.165, 1.54) is 12.1 Å². The smallest absolute Gasteiger partial charge is 0.416 e. The summed E-state index contributed by atoms with van der Waals surface area (Å²) in [7, 11) is 0. The second-order valence-electron chi connectivity index (χ2n) is 4.29. The van der Waals surface area contributed by atoms with Crippen molar-refractivity contribution in [3.05, 3.63) is 29.8 Å². The van der Waals surface area contributed by atoms with Crippen LogP contribution < -0.4 is 4.90 Å². The number of carbonyl (C=O) groups excluding carboxylic acids is 1. The summed E-state index contributed by atoms with van der Waals surface area (Å²) in [4.78, 5) is 23.5. The Bertz CT molecular complexity index is 527. The Kier molecular flexibility index (Phi) is 3.21. The molecule has 102 valence electrons. The fraction of sp³-hybridized carbons (Fsp3) is 0.333. The van der Waals surface area contributed by atoms with Gasteiger partial charge in [0, 0.05) is 18.7 Å². The molecular formula is C12H10F3NO3. The van der Waals surface area contributed by atoms with E-state index in [0.29, 0.717) is 0 Å². The molecule has 7 heteroatoms. The number of carboxylic acids is 1. The van der Waals surface area contributed by atoms with Crippen molar-refractivity contribution in [3.63, 3.8) is 0 Å². The molecule has 1 N–H and O–H groups in total. The van der Waals surface area contributed by atoms with E-state index in [1.54, 1.807) is 0 Å². The minimum absolute atomic E-state index is 0.0728. The maximum absolute atomic E-state index is 12.6. The molecule has 1 atom stereocenters. The van der Waals surface area contributed by atoms with Crippen molar-refractivity contribution in [1.82, 2.24) is 0 Å². The fourth-order valence-corrected chi connectivity index (χ4v) is 1.97. The molecule has 1 amide bonds. The molecule has 0 bridgehead atoms. The van der Waals surface area contributed by atoms with Gasteiger partial charge in [-0.2, -0.15) is 13.2 Å². The van der Waals surface area contributed by atoms with E-state index in [4.69, 9.17) is 5.11 Å². The minimum atomic E-state index is -4.50. The molecule has 4 nitrogen and oxygen atoms in total. The van der Waals surface area contributed by atoms with Crippen molar-refractivity contribution < 1.29 is 27.9 Å². The van der Waals surface area contributed by atoms with E-state index in [2.05, 4.69) is 0 Å². The third-order valence-corrected chi connectivity index (χ3v) is 2.96. The number of halogens is 3. The lowest BCUT2D eigenvalue weighted by molar-refractivity contribution is -0.141. The van der Waals surface area contributed by atoms with Crippen molar-refractivity contribution in [2.75, 3.05) is 11.4 Å². The average molecular weight is 273 g/mol. The van der Waals surface area contributed by atoms with Crippen LogP contribution in [0.2, 0.25) is 0 Å². The molecule has 1 unspecified atom stereocenters. The van der Waals surface area contributed by atoms with Crippen molar-refractivity contribution in [1.29, 1.82) is 0 Å². The lowest BCUT2D eigenvalue weighted by Crippen LogP contribution is -2.26. The Labute approximate surface area is 106 Å². The molecule has 0 spiro atoms. The first-order valence-corrected chi connectivity index (χ1v) is 5.49. The zero-order valence-electron chi connectivity index (χ0n) is 9.65. The van der Waals surface area contributed by atoms with Crippen molar-refractivity contribution in [3.8, 4) is 0 Å². The Morgan fingerprint density at radius 1 is 1.37 bits per heavy atom. The molecule has 1 heterocycles. The van der Waals surface area contributed by atoms with Gasteiger partial charge in [0.25, 0.3) is 0 Å². The van der Waals surface area contributed by atoms with E-state index in [1.807, 2.05) is 0 Å². The summed E-state index contributed by atoms with van der Waals surface area (Å²) in [6.07, 6.45) is -4.68. The van der Waals surface area contributed by atoms with Crippen LogP contribution in [0.1, 0.15) is 12.0 Å². The maximum Gasteiger partial charge on any atom is 0.416 e. The Morgan fingerprint density at radius 3 is 2.58 bits per heavy atom. The molecular weight excluding hydrogens is 263 g/mol. The number of alkyl halides is 3. The number of benzene rings is 1. The van der Waals surface area contributed by atoms with Gasteiger partial charge in [0.15, 0.2) is 0 Å². The number of anilines is 1. The number of aliphatic carboxylic acids is 1. The highest BCUT2D eigenvalue weighted by Gasteiger charge is 2.36. The second kappa shape index (κ2) is 4.56. The highest BCUT2D eigenvalue weighted by molar-refractivity contribution is 5.99. The largest absolute Gasteiger partial charge is 0.481 e. The van der Waals surface area contributed by atoms with Gasteiger partial charge >= 0.3 is 12.1 Å². The molecule has 1 fully saturated rings. The standard InChI is InChI=1S/C12H10F3NO3/c13-12(14,15)8-2-1-3-9(5-8)16-6-7(11(18)19)4-10(16)17/h1-3,5,7H,4,6H2,(H,18,19). The second-order valence-corrected chi connectivity index (χ2v) is 4.29. The monoisotopic (exact) mass is 273 g/mol.